The summed E-state index contributed by atoms with van der Waals surface area (Å²) in [6, 6.07) is 14.0. The fourth-order valence-corrected chi connectivity index (χ4v) is 3.87. The van der Waals surface area contributed by atoms with E-state index in [2.05, 4.69) is 5.32 Å². The Morgan fingerprint density at radius 2 is 1.67 bits per heavy atom. The second-order valence-electron chi connectivity index (χ2n) is 7.41. The predicted molar refractivity (Wildman–Crippen MR) is 120 cm³/mol. The molecule has 9 heteroatoms. The van der Waals surface area contributed by atoms with E-state index in [1.54, 1.807) is 24.3 Å². The van der Waals surface area contributed by atoms with Crippen LogP contribution in [0.4, 0.5) is 10.1 Å². The molecule has 0 atom stereocenters. The molecule has 0 spiro atoms. The van der Waals surface area contributed by atoms with Crippen molar-refractivity contribution in [3.8, 4) is 0 Å². The van der Waals surface area contributed by atoms with Gasteiger partial charge in [-0.3, -0.25) is 24.1 Å². The number of anilines is 1. The van der Waals surface area contributed by atoms with Gasteiger partial charge in [-0.05, 0) is 42.1 Å². The number of amides is 3. The number of imide groups is 1. The Labute approximate surface area is 193 Å². The molecule has 3 amide bonds. The van der Waals surface area contributed by atoms with Crippen molar-refractivity contribution < 1.29 is 28.3 Å². The van der Waals surface area contributed by atoms with Crippen LogP contribution in [0.1, 0.15) is 33.6 Å². The molecule has 0 aromatic heterocycles. The highest BCUT2D eigenvalue weighted by atomic mass is 35.5. The van der Waals surface area contributed by atoms with E-state index in [0.29, 0.717) is 16.5 Å². The van der Waals surface area contributed by atoms with Gasteiger partial charge in [0.25, 0.3) is 17.7 Å². The zero-order chi connectivity index (χ0) is 23.5. The van der Waals surface area contributed by atoms with Crippen LogP contribution in [0, 0.1) is 5.82 Å². The molecule has 3 aromatic rings. The van der Waals surface area contributed by atoms with Gasteiger partial charge in [0.2, 0.25) is 0 Å². The van der Waals surface area contributed by atoms with Crippen molar-refractivity contribution in [3.63, 3.8) is 0 Å². The fraction of sp³-hybridized carbons (Fsp3) is 0.167. The molecule has 168 valence electrons. The summed E-state index contributed by atoms with van der Waals surface area (Å²) >= 11 is 5.84. The zero-order valence-electron chi connectivity index (χ0n) is 17.3. The van der Waals surface area contributed by atoms with Crippen LogP contribution in [0.25, 0.3) is 10.8 Å². The lowest BCUT2D eigenvalue weighted by Gasteiger charge is -2.27. The maximum Gasteiger partial charge on any atom is 0.306 e. The Hall–Kier alpha value is -3.78. The third kappa shape index (κ3) is 4.70. The smallest absolute Gasteiger partial charge is 0.306 e. The average molecular weight is 469 g/mol. The van der Waals surface area contributed by atoms with Crippen LogP contribution in [0.5, 0.6) is 0 Å². The normalized spacial score (nSPS) is 12.7. The summed E-state index contributed by atoms with van der Waals surface area (Å²) < 4.78 is 18.0. The van der Waals surface area contributed by atoms with E-state index in [1.165, 1.54) is 6.07 Å². The molecule has 4 rings (SSSR count). The van der Waals surface area contributed by atoms with Crippen LogP contribution < -0.4 is 5.32 Å². The summed E-state index contributed by atoms with van der Waals surface area (Å²) in [4.78, 5) is 50.7. The Bertz CT molecular complexity index is 1240. The largest absolute Gasteiger partial charge is 0.456 e. The number of esters is 1. The summed E-state index contributed by atoms with van der Waals surface area (Å²) in [6.07, 6.45) is 0.0906. The van der Waals surface area contributed by atoms with Crippen molar-refractivity contribution in [2.45, 2.75) is 12.8 Å². The minimum absolute atomic E-state index is 0.0165. The van der Waals surface area contributed by atoms with E-state index in [4.69, 9.17) is 16.3 Å². The molecule has 0 bridgehead atoms. The van der Waals surface area contributed by atoms with Gasteiger partial charge in [0.1, 0.15) is 5.82 Å². The Kier molecular flexibility index (Phi) is 6.37. The van der Waals surface area contributed by atoms with Crippen LogP contribution in [0.15, 0.2) is 54.6 Å². The van der Waals surface area contributed by atoms with Crippen molar-refractivity contribution in [1.29, 1.82) is 0 Å². The first kappa shape index (κ1) is 22.4. The molecule has 0 radical (unpaired) electrons. The van der Waals surface area contributed by atoms with Crippen molar-refractivity contribution in [2.24, 2.45) is 0 Å². The van der Waals surface area contributed by atoms with Crippen molar-refractivity contribution in [3.05, 3.63) is 76.6 Å². The van der Waals surface area contributed by atoms with Gasteiger partial charge < -0.3 is 10.1 Å². The first-order chi connectivity index (χ1) is 15.8. The lowest BCUT2D eigenvalue weighted by atomic mass is 9.94. The van der Waals surface area contributed by atoms with E-state index >= 15 is 0 Å². The number of nitrogens with zero attached hydrogens (tertiary/aromatic N) is 1. The standard InChI is InChI=1S/C24H18ClFN2O5/c25-18-12-15(26)9-10-19(18)27-20(29)13-33-21(30)8-3-11-28-23(31)16-6-1-4-14-5-2-7-17(22(14)16)24(28)32/h1-2,4-7,9-10,12H,3,8,11,13H2,(H,27,29). The molecule has 1 aliphatic heterocycles. The monoisotopic (exact) mass is 468 g/mol. The first-order valence-corrected chi connectivity index (χ1v) is 10.5. The van der Waals surface area contributed by atoms with Gasteiger partial charge in [-0.1, -0.05) is 35.9 Å². The number of hydrogen-bond acceptors (Lipinski definition) is 5. The van der Waals surface area contributed by atoms with E-state index in [1.807, 2.05) is 12.1 Å². The molecular formula is C24H18ClFN2O5. The van der Waals surface area contributed by atoms with Crippen LogP contribution in [0.3, 0.4) is 0 Å². The Balaban J connectivity index is 1.29. The minimum atomic E-state index is -0.658. The van der Waals surface area contributed by atoms with Crippen LogP contribution in [-0.2, 0) is 14.3 Å². The third-order valence-corrected chi connectivity index (χ3v) is 5.50. The molecule has 1 N–H and O–H groups in total. The highest BCUT2D eigenvalue weighted by molar-refractivity contribution is 6.33. The van der Waals surface area contributed by atoms with Crippen LogP contribution in [-0.4, -0.2) is 41.7 Å². The number of benzene rings is 3. The Morgan fingerprint density at radius 3 is 2.30 bits per heavy atom. The van der Waals surface area contributed by atoms with Gasteiger partial charge in [-0.25, -0.2) is 4.39 Å². The fourth-order valence-electron chi connectivity index (χ4n) is 3.66. The Morgan fingerprint density at radius 1 is 1.00 bits per heavy atom. The number of hydrogen-bond donors (Lipinski definition) is 1. The van der Waals surface area contributed by atoms with E-state index < -0.39 is 36.1 Å². The number of rotatable bonds is 7. The quantitative estimate of drug-likeness (QED) is 0.414. The summed E-state index contributed by atoms with van der Waals surface area (Å²) in [7, 11) is 0. The topological polar surface area (TPSA) is 92.8 Å². The van der Waals surface area contributed by atoms with E-state index in [-0.39, 0.29) is 30.1 Å². The summed E-state index contributed by atoms with van der Waals surface area (Å²) in [5.41, 5.74) is 1.08. The first-order valence-electron chi connectivity index (χ1n) is 10.1. The molecule has 3 aromatic carbocycles. The van der Waals surface area contributed by atoms with Gasteiger partial charge in [0.05, 0.1) is 10.7 Å². The number of ether oxygens (including phenoxy) is 1. The van der Waals surface area contributed by atoms with Crippen LogP contribution >= 0.6 is 11.6 Å². The molecule has 0 saturated carbocycles. The van der Waals surface area contributed by atoms with Crippen molar-refractivity contribution >= 4 is 51.8 Å². The van der Waals surface area contributed by atoms with Gasteiger partial charge in [0, 0.05) is 29.5 Å². The lowest BCUT2D eigenvalue weighted by molar-refractivity contribution is -0.147. The minimum Gasteiger partial charge on any atom is -0.456 e. The highest BCUT2D eigenvalue weighted by Crippen LogP contribution is 2.30. The molecule has 33 heavy (non-hydrogen) atoms. The zero-order valence-corrected chi connectivity index (χ0v) is 18.0. The molecule has 1 heterocycles. The third-order valence-electron chi connectivity index (χ3n) is 5.19. The molecule has 0 saturated heterocycles. The molecule has 0 aliphatic carbocycles. The molecule has 1 aliphatic rings. The molecule has 7 nitrogen and oxygen atoms in total. The van der Waals surface area contributed by atoms with E-state index in [9.17, 15) is 23.6 Å². The van der Waals surface area contributed by atoms with E-state index in [0.717, 1.165) is 22.4 Å². The SMILES string of the molecule is O=C(COC(=O)CCCN1C(=O)c2cccc3cccc(c23)C1=O)Nc1ccc(F)cc1Cl. The molecular weight excluding hydrogens is 451 g/mol. The van der Waals surface area contributed by atoms with Gasteiger partial charge in [-0.15, -0.1) is 0 Å². The highest BCUT2D eigenvalue weighted by Gasteiger charge is 2.32. The van der Waals surface area contributed by atoms with Gasteiger partial charge >= 0.3 is 5.97 Å². The molecule has 0 unspecified atom stereocenters. The lowest BCUT2D eigenvalue weighted by Crippen LogP contribution is -2.41. The van der Waals surface area contributed by atoms with Gasteiger partial charge in [-0.2, -0.15) is 0 Å². The number of carbonyl (C=O) groups is 4. The van der Waals surface area contributed by atoms with Crippen molar-refractivity contribution in [2.75, 3.05) is 18.5 Å². The molecule has 0 fully saturated rings. The number of carbonyl (C=O) groups excluding carboxylic acids is 4. The maximum absolute atomic E-state index is 13.1. The van der Waals surface area contributed by atoms with Crippen LogP contribution in [0.2, 0.25) is 5.02 Å². The second-order valence-corrected chi connectivity index (χ2v) is 7.81. The summed E-state index contributed by atoms with van der Waals surface area (Å²) in [5, 5.41) is 3.89. The van der Waals surface area contributed by atoms with Gasteiger partial charge in [0.15, 0.2) is 6.61 Å². The number of halogens is 2. The number of nitrogens with one attached hydrogen (secondary N) is 1. The average Bonchev–Trinajstić information content (AvgIpc) is 2.80. The predicted octanol–water partition coefficient (Wildman–Crippen LogP) is 4.19. The summed E-state index contributed by atoms with van der Waals surface area (Å²) in [6.45, 7) is -0.516. The van der Waals surface area contributed by atoms with Crippen molar-refractivity contribution in [1.82, 2.24) is 4.90 Å². The maximum atomic E-state index is 13.1. The second kappa shape index (κ2) is 9.38. The summed E-state index contributed by atoms with van der Waals surface area (Å²) in [5.74, 6) is -2.66.